The molecule has 2 aromatic rings. The number of halogens is 2. The van der Waals surface area contributed by atoms with Crippen molar-refractivity contribution in [1.82, 2.24) is 10.9 Å². The summed E-state index contributed by atoms with van der Waals surface area (Å²) in [4.78, 5) is 26.1. The number of amides is 2. The lowest BCUT2D eigenvalue weighted by Crippen LogP contribution is -2.41. The van der Waals surface area contributed by atoms with Gasteiger partial charge in [0.15, 0.2) is 0 Å². The Kier molecular flexibility index (Phi) is 5.01. The molecule has 1 heterocycles. The van der Waals surface area contributed by atoms with Gasteiger partial charge in [-0.25, -0.2) is 4.39 Å². The average Bonchev–Trinajstić information content (AvgIpc) is 2.97. The van der Waals surface area contributed by atoms with Crippen molar-refractivity contribution in [1.29, 1.82) is 0 Å². The molecule has 1 aromatic carbocycles. The normalized spacial score (nSPS) is 16.4. The third-order valence-electron chi connectivity index (χ3n) is 4.02. The van der Waals surface area contributed by atoms with Crippen molar-refractivity contribution >= 4 is 39.1 Å². The SMILES string of the molecule is C[C@H]1CCc2sc(C(=O)NNC(=O)c3cc(F)ccc3Br)cc2C1. The van der Waals surface area contributed by atoms with Gasteiger partial charge >= 0.3 is 0 Å². The van der Waals surface area contributed by atoms with Crippen LogP contribution in [-0.4, -0.2) is 11.8 Å². The number of benzene rings is 1. The van der Waals surface area contributed by atoms with E-state index in [9.17, 15) is 14.0 Å². The van der Waals surface area contributed by atoms with E-state index in [2.05, 4.69) is 33.7 Å². The highest BCUT2D eigenvalue weighted by Gasteiger charge is 2.21. The summed E-state index contributed by atoms with van der Waals surface area (Å²) >= 11 is 4.65. The summed E-state index contributed by atoms with van der Waals surface area (Å²) in [7, 11) is 0. The number of thiophene rings is 1. The van der Waals surface area contributed by atoms with Crippen LogP contribution in [0.2, 0.25) is 0 Å². The van der Waals surface area contributed by atoms with Gasteiger partial charge in [0, 0.05) is 9.35 Å². The van der Waals surface area contributed by atoms with Gasteiger partial charge in [-0.3, -0.25) is 20.4 Å². The van der Waals surface area contributed by atoms with Crippen LogP contribution in [0, 0.1) is 11.7 Å². The zero-order chi connectivity index (χ0) is 17.3. The topological polar surface area (TPSA) is 58.2 Å². The molecule has 2 amide bonds. The Hall–Kier alpha value is -1.73. The van der Waals surface area contributed by atoms with Crippen LogP contribution in [-0.2, 0) is 12.8 Å². The van der Waals surface area contributed by atoms with Crippen LogP contribution in [0.25, 0.3) is 0 Å². The monoisotopic (exact) mass is 410 g/mol. The number of fused-ring (bicyclic) bond motifs is 1. The molecule has 0 fully saturated rings. The fraction of sp³-hybridized carbons (Fsp3) is 0.294. The van der Waals surface area contributed by atoms with E-state index in [1.165, 1.54) is 33.9 Å². The second-order valence-corrected chi connectivity index (χ2v) is 7.93. The van der Waals surface area contributed by atoms with Crippen molar-refractivity contribution in [3.8, 4) is 0 Å². The van der Waals surface area contributed by atoms with Crippen molar-refractivity contribution in [3.63, 3.8) is 0 Å². The molecule has 1 aliphatic carbocycles. The lowest BCUT2D eigenvalue weighted by atomic mass is 9.90. The Morgan fingerprint density at radius 3 is 2.79 bits per heavy atom. The average molecular weight is 411 g/mol. The maximum absolute atomic E-state index is 13.2. The van der Waals surface area contributed by atoms with E-state index in [4.69, 9.17) is 0 Å². The molecule has 7 heteroatoms. The Bertz CT molecular complexity index is 806. The minimum atomic E-state index is -0.579. The van der Waals surface area contributed by atoms with Crippen LogP contribution in [0.5, 0.6) is 0 Å². The number of aryl methyl sites for hydroxylation is 1. The molecule has 0 unspecified atom stereocenters. The first-order valence-corrected chi connectivity index (χ1v) is 9.22. The fourth-order valence-corrected chi connectivity index (χ4v) is 4.26. The van der Waals surface area contributed by atoms with Crippen LogP contribution in [0.3, 0.4) is 0 Å². The molecule has 0 spiro atoms. The second-order valence-electron chi connectivity index (χ2n) is 5.94. The first-order valence-electron chi connectivity index (χ1n) is 7.61. The highest BCUT2D eigenvalue weighted by atomic mass is 79.9. The van der Waals surface area contributed by atoms with Crippen LogP contribution in [0.4, 0.5) is 4.39 Å². The van der Waals surface area contributed by atoms with Gasteiger partial charge in [-0.15, -0.1) is 11.3 Å². The van der Waals surface area contributed by atoms with Crippen LogP contribution in [0.1, 0.15) is 43.8 Å². The standard InChI is InChI=1S/C17H16BrFN2O2S/c1-9-2-5-14-10(6-9)7-15(24-14)17(23)21-20-16(22)12-8-11(19)3-4-13(12)18/h3-4,7-9H,2,5-6H2,1H3,(H,20,22)(H,21,23)/t9-/m0/s1. The van der Waals surface area contributed by atoms with Gasteiger partial charge in [0.1, 0.15) is 5.82 Å². The summed E-state index contributed by atoms with van der Waals surface area (Å²) < 4.78 is 13.7. The molecule has 0 saturated carbocycles. The summed E-state index contributed by atoms with van der Waals surface area (Å²) in [5, 5.41) is 0. The number of hydrogen-bond acceptors (Lipinski definition) is 3. The van der Waals surface area contributed by atoms with E-state index >= 15 is 0 Å². The molecule has 126 valence electrons. The van der Waals surface area contributed by atoms with Crippen LogP contribution < -0.4 is 10.9 Å². The van der Waals surface area contributed by atoms with E-state index in [-0.39, 0.29) is 11.5 Å². The van der Waals surface area contributed by atoms with Gasteiger partial charge in [-0.05, 0) is 70.9 Å². The minimum absolute atomic E-state index is 0.120. The van der Waals surface area contributed by atoms with Crippen molar-refractivity contribution in [2.24, 2.45) is 5.92 Å². The Morgan fingerprint density at radius 1 is 1.25 bits per heavy atom. The van der Waals surface area contributed by atoms with E-state index < -0.39 is 11.7 Å². The molecule has 4 nitrogen and oxygen atoms in total. The third kappa shape index (κ3) is 3.67. The summed E-state index contributed by atoms with van der Waals surface area (Å²) in [5.41, 5.74) is 6.06. The molecular formula is C17H16BrFN2O2S. The van der Waals surface area contributed by atoms with Gasteiger partial charge in [0.2, 0.25) is 0 Å². The number of carbonyl (C=O) groups is 2. The summed E-state index contributed by atoms with van der Waals surface area (Å²) in [6, 6.07) is 5.70. The van der Waals surface area contributed by atoms with Gasteiger partial charge in [0.05, 0.1) is 10.4 Å². The molecule has 2 N–H and O–H groups in total. The van der Waals surface area contributed by atoms with Gasteiger partial charge in [-0.1, -0.05) is 6.92 Å². The third-order valence-corrected chi connectivity index (χ3v) is 5.94. The van der Waals surface area contributed by atoms with Crippen molar-refractivity contribution < 1.29 is 14.0 Å². The quantitative estimate of drug-likeness (QED) is 0.738. The zero-order valence-electron chi connectivity index (χ0n) is 13.0. The summed E-state index contributed by atoms with van der Waals surface area (Å²) in [6.07, 6.45) is 3.12. The number of carbonyl (C=O) groups excluding carboxylic acids is 2. The molecule has 1 aliphatic rings. The number of hydrazine groups is 1. The van der Waals surface area contributed by atoms with E-state index in [0.717, 1.165) is 25.3 Å². The molecule has 0 aliphatic heterocycles. The Morgan fingerprint density at radius 2 is 2.00 bits per heavy atom. The molecule has 0 radical (unpaired) electrons. The van der Waals surface area contributed by atoms with Crippen molar-refractivity contribution in [2.75, 3.05) is 0 Å². The first kappa shape index (κ1) is 17.1. The zero-order valence-corrected chi connectivity index (χ0v) is 15.4. The van der Waals surface area contributed by atoms with E-state index in [1.807, 2.05) is 6.07 Å². The summed E-state index contributed by atoms with van der Waals surface area (Å²) in [6.45, 7) is 2.21. The lowest BCUT2D eigenvalue weighted by molar-refractivity contribution is 0.0848. The van der Waals surface area contributed by atoms with E-state index in [0.29, 0.717) is 15.3 Å². The number of rotatable bonds is 2. The van der Waals surface area contributed by atoms with Gasteiger partial charge in [0.25, 0.3) is 11.8 Å². The highest BCUT2D eigenvalue weighted by Crippen LogP contribution is 2.32. The summed E-state index contributed by atoms with van der Waals surface area (Å²) in [5.74, 6) is -0.824. The van der Waals surface area contributed by atoms with Crippen molar-refractivity contribution in [2.45, 2.75) is 26.2 Å². The fourth-order valence-electron chi connectivity index (χ4n) is 2.73. The predicted octanol–water partition coefficient (Wildman–Crippen LogP) is 3.85. The Balaban J connectivity index is 1.65. The molecule has 1 aromatic heterocycles. The highest BCUT2D eigenvalue weighted by molar-refractivity contribution is 9.10. The van der Waals surface area contributed by atoms with Gasteiger partial charge < -0.3 is 0 Å². The molecule has 24 heavy (non-hydrogen) atoms. The van der Waals surface area contributed by atoms with E-state index in [1.54, 1.807) is 0 Å². The smallest absolute Gasteiger partial charge is 0.267 e. The maximum atomic E-state index is 13.2. The molecule has 1 atom stereocenters. The van der Waals surface area contributed by atoms with Crippen molar-refractivity contribution in [3.05, 3.63) is 55.4 Å². The largest absolute Gasteiger partial charge is 0.279 e. The first-order chi connectivity index (χ1) is 11.4. The van der Waals surface area contributed by atoms with Crippen LogP contribution in [0.15, 0.2) is 28.7 Å². The van der Waals surface area contributed by atoms with Gasteiger partial charge in [-0.2, -0.15) is 0 Å². The maximum Gasteiger partial charge on any atom is 0.279 e. The van der Waals surface area contributed by atoms with Crippen LogP contribution >= 0.6 is 27.3 Å². The molecular weight excluding hydrogens is 395 g/mol. The number of nitrogens with one attached hydrogen (secondary N) is 2. The molecule has 0 bridgehead atoms. The predicted molar refractivity (Wildman–Crippen MR) is 94.5 cm³/mol. The second kappa shape index (κ2) is 7.03. The lowest BCUT2D eigenvalue weighted by Gasteiger charge is -2.16. The molecule has 0 saturated heterocycles. The number of hydrogen-bond donors (Lipinski definition) is 2. The Labute approximate surface area is 151 Å². The molecule has 3 rings (SSSR count). The minimum Gasteiger partial charge on any atom is -0.267 e.